The van der Waals surface area contributed by atoms with E-state index in [0.29, 0.717) is 6.04 Å². The van der Waals surface area contributed by atoms with Crippen LogP contribution in [0.1, 0.15) is 51.1 Å². The second-order valence-corrected chi connectivity index (χ2v) is 7.12. The maximum absolute atomic E-state index is 3.80. The number of benzene rings is 1. The molecule has 0 radical (unpaired) electrons. The van der Waals surface area contributed by atoms with Crippen molar-refractivity contribution in [2.24, 2.45) is 11.8 Å². The minimum atomic E-state index is 0.509. The fraction of sp³-hybridized carbons (Fsp3) is 0.684. The highest BCUT2D eigenvalue weighted by Gasteiger charge is 2.39. The minimum Gasteiger partial charge on any atom is -0.307 e. The summed E-state index contributed by atoms with van der Waals surface area (Å²) in [6.45, 7) is 8.36. The quantitative estimate of drug-likeness (QED) is 0.854. The molecule has 0 aromatic heterocycles. The third kappa shape index (κ3) is 3.87. The van der Waals surface area contributed by atoms with Gasteiger partial charge in [-0.05, 0) is 36.7 Å². The van der Waals surface area contributed by atoms with E-state index in [1.165, 1.54) is 50.9 Å². The smallest absolute Gasteiger partial charge is 0.0449 e. The second-order valence-electron chi connectivity index (χ2n) is 7.12. The topological polar surface area (TPSA) is 15.3 Å². The number of nitrogens with one attached hydrogen (secondary N) is 1. The molecule has 1 aliphatic carbocycles. The van der Waals surface area contributed by atoms with Crippen LogP contribution in [0.5, 0.6) is 0 Å². The highest BCUT2D eigenvalue weighted by molar-refractivity contribution is 5.20. The van der Waals surface area contributed by atoms with E-state index in [-0.39, 0.29) is 0 Å². The van der Waals surface area contributed by atoms with Crippen molar-refractivity contribution in [3.8, 4) is 0 Å². The molecule has 0 spiro atoms. The van der Waals surface area contributed by atoms with Gasteiger partial charge in [0.05, 0.1) is 0 Å². The molecule has 2 heteroatoms. The fourth-order valence-electron chi connectivity index (χ4n) is 3.88. The molecule has 3 atom stereocenters. The summed E-state index contributed by atoms with van der Waals surface area (Å²) in [6.07, 6.45) is 5.56. The van der Waals surface area contributed by atoms with Gasteiger partial charge in [-0.3, -0.25) is 4.90 Å². The molecule has 21 heavy (non-hydrogen) atoms. The zero-order valence-corrected chi connectivity index (χ0v) is 13.6. The van der Waals surface area contributed by atoms with Crippen molar-refractivity contribution in [1.29, 1.82) is 0 Å². The predicted molar refractivity (Wildman–Crippen MR) is 89.3 cm³/mol. The van der Waals surface area contributed by atoms with Crippen LogP contribution in [0, 0.1) is 11.8 Å². The third-order valence-electron chi connectivity index (χ3n) is 5.16. The molecule has 3 rings (SSSR count). The maximum Gasteiger partial charge on any atom is 0.0449 e. The standard InChI is InChI=1S/C19H30N2/c1-3-7-15(2)13-21-14-18(16-8-5-4-6-9-16)20-12-19(21)17-10-11-17/h4-6,8-9,15,17-20H,3,7,10-14H2,1-2H3. The molecule has 116 valence electrons. The summed E-state index contributed by atoms with van der Waals surface area (Å²) < 4.78 is 0. The lowest BCUT2D eigenvalue weighted by atomic mass is 9.97. The lowest BCUT2D eigenvalue weighted by molar-refractivity contribution is 0.0969. The van der Waals surface area contributed by atoms with Crippen LogP contribution in [0.3, 0.4) is 0 Å². The molecule has 3 unspecified atom stereocenters. The van der Waals surface area contributed by atoms with Gasteiger partial charge in [-0.1, -0.05) is 50.6 Å². The summed E-state index contributed by atoms with van der Waals surface area (Å²) in [5.74, 6) is 1.79. The van der Waals surface area contributed by atoms with Gasteiger partial charge in [-0.15, -0.1) is 0 Å². The van der Waals surface area contributed by atoms with Crippen LogP contribution in [0.4, 0.5) is 0 Å². The normalized spacial score (nSPS) is 28.5. The first-order chi connectivity index (χ1) is 10.3. The number of piperazine rings is 1. The Morgan fingerprint density at radius 3 is 2.67 bits per heavy atom. The van der Waals surface area contributed by atoms with E-state index >= 15 is 0 Å². The van der Waals surface area contributed by atoms with Crippen LogP contribution in [-0.2, 0) is 0 Å². The van der Waals surface area contributed by atoms with Gasteiger partial charge < -0.3 is 5.32 Å². The van der Waals surface area contributed by atoms with Crippen LogP contribution in [0.25, 0.3) is 0 Å². The van der Waals surface area contributed by atoms with E-state index < -0.39 is 0 Å². The lowest BCUT2D eigenvalue weighted by Gasteiger charge is -2.42. The van der Waals surface area contributed by atoms with E-state index in [9.17, 15) is 0 Å². The third-order valence-corrected chi connectivity index (χ3v) is 5.16. The van der Waals surface area contributed by atoms with Gasteiger partial charge >= 0.3 is 0 Å². The van der Waals surface area contributed by atoms with Crippen molar-refractivity contribution in [2.75, 3.05) is 19.6 Å². The Kier molecular flexibility index (Phi) is 4.97. The maximum atomic E-state index is 3.80. The Morgan fingerprint density at radius 2 is 2.00 bits per heavy atom. The van der Waals surface area contributed by atoms with E-state index in [2.05, 4.69) is 54.4 Å². The van der Waals surface area contributed by atoms with Crippen molar-refractivity contribution >= 4 is 0 Å². The molecular weight excluding hydrogens is 256 g/mol. The Hall–Kier alpha value is -0.860. The molecule has 1 aromatic rings. The average Bonchev–Trinajstić information content (AvgIpc) is 3.33. The van der Waals surface area contributed by atoms with Gasteiger partial charge in [0.2, 0.25) is 0 Å². The van der Waals surface area contributed by atoms with Gasteiger partial charge in [0.1, 0.15) is 0 Å². The van der Waals surface area contributed by atoms with Gasteiger partial charge in [-0.2, -0.15) is 0 Å². The molecule has 1 aromatic carbocycles. The van der Waals surface area contributed by atoms with Crippen LogP contribution >= 0.6 is 0 Å². The molecule has 1 N–H and O–H groups in total. The van der Waals surface area contributed by atoms with Crippen molar-refractivity contribution in [2.45, 2.75) is 51.6 Å². The molecular formula is C19H30N2. The Labute approximate surface area is 129 Å². The van der Waals surface area contributed by atoms with Crippen LogP contribution < -0.4 is 5.32 Å². The van der Waals surface area contributed by atoms with Crippen LogP contribution in [0.15, 0.2) is 30.3 Å². The van der Waals surface area contributed by atoms with Crippen LogP contribution in [0.2, 0.25) is 0 Å². The number of hydrogen-bond acceptors (Lipinski definition) is 2. The Bertz CT molecular complexity index is 426. The van der Waals surface area contributed by atoms with E-state index in [1.807, 2.05) is 0 Å². The van der Waals surface area contributed by atoms with Crippen molar-refractivity contribution < 1.29 is 0 Å². The highest BCUT2D eigenvalue weighted by atomic mass is 15.2. The first-order valence-electron chi connectivity index (χ1n) is 8.80. The molecule has 0 amide bonds. The summed E-state index contributed by atoms with van der Waals surface area (Å²) in [7, 11) is 0. The van der Waals surface area contributed by atoms with E-state index in [0.717, 1.165) is 17.9 Å². The largest absolute Gasteiger partial charge is 0.307 e. The first-order valence-corrected chi connectivity index (χ1v) is 8.80. The molecule has 1 saturated heterocycles. The summed E-state index contributed by atoms with van der Waals surface area (Å²) in [5, 5.41) is 3.80. The van der Waals surface area contributed by atoms with Crippen molar-refractivity contribution in [3.63, 3.8) is 0 Å². The summed E-state index contributed by atoms with van der Waals surface area (Å²) in [6, 6.07) is 12.3. The second kappa shape index (κ2) is 6.93. The summed E-state index contributed by atoms with van der Waals surface area (Å²) >= 11 is 0. The molecule has 0 bridgehead atoms. The van der Waals surface area contributed by atoms with E-state index in [1.54, 1.807) is 0 Å². The van der Waals surface area contributed by atoms with Gasteiger partial charge in [0.15, 0.2) is 0 Å². The monoisotopic (exact) mass is 286 g/mol. The predicted octanol–water partition coefficient (Wildman–Crippen LogP) is 3.85. The minimum absolute atomic E-state index is 0.509. The SMILES string of the molecule is CCCC(C)CN1CC(c2ccccc2)NCC1C1CC1. The Morgan fingerprint density at radius 1 is 1.24 bits per heavy atom. The van der Waals surface area contributed by atoms with Crippen molar-refractivity contribution in [1.82, 2.24) is 10.2 Å². The lowest BCUT2D eigenvalue weighted by Crippen LogP contribution is -2.54. The molecule has 1 heterocycles. The Balaban J connectivity index is 1.66. The van der Waals surface area contributed by atoms with E-state index in [4.69, 9.17) is 0 Å². The van der Waals surface area contributed by atoms with Crippen LogP contribution in [-0.4, -0.2) is 30.6 Å². The fourth-order valence-corrected chi connectivity index (χ4v) is 3.88. The zero-order valence-electron chi connectivity index (χ0n) is 13.6. The molecule has 1 saturated carbocycles. The van der Waals surface area contributed by atoms with Gasteiger partial charge in [0.25, 0.3) is 0 Å². The first kappa shape index (κ1) is 15.1. The number of hydrogen-bond donors (Lipinski definition) is 1. The molecule has 2 aliphatic rings. The summed E-state index contributed by atoms with van der Waals surface area (Å²) in [5.41, 5.74) is 1.44. The van der Waals surface area contributed by atoms with Gasteiger partial charge in [0, 0.05) is 31.7 Å². The highest BCUT2D eigenvalue weighted by Crippen LogP contribution is 2.38. The number of rotatable bonds is 6. The average molecular weight is 286 g/mol. The number of nitrogens with zero attached hydrogens (tertiary/aromatic N) is 1. The molecule has 1 aliphatic heterocycles. The zero-order chi connectivity index (χ0) is 14.7. The van der Waals surface area contributed by atoms with Gasteiger partial charge in [-0.25, -0.2) is 0 Å². The summed E-state index contributed by atoms with van der Waals surface area (Å²) in [4.78, 5) is 2.80. The molecule has 2 nitrogen and oxygen atoms in total. The van der Waals surface area contributed by atoms with Crippen molar-refractivity contribution in [3.05, 3.63) is 35.9 Å². The molecule has 2 fully saturated rings.